The number of nitrogens with zero attached hydrogens (tertiary/aromatic N) is 2. The first kappa shape index (κ1) is 12.1. The fourth-order valence-corrected chi connectivity index (χ4v) is 2.45. The van der Waals surface area contributed by atoms with E-state index in [0.29, 0.717) is 24.3 Å². The molecule has 0 spiro atoms. The van der Waals surface area contributed by atoms with Crippen molar-refractivity contribution in [3.63, 3.8) is 0 Å². The molecule has 1 amide bonds. The maximum atomic E-state index is 11.7. The average Bonchev–Trinajstić information content (AvgIpc) is 2.88. The van der Waals surface area contributed by atoms with E-state index in [1.54, 1.807) is 23.1 Å². The Morgan fingerprint density at radius 3 is 3.06 bits per heavy atom. The smallest absolute Gasteiger partial charge is 0.252 e. The van der Waals surface area contributed by atoms with Gasteiger partial charge in [0.2, 0.25) is 0 Å². The Labute approximate surface area is 111 Å². The first-order valence-electron chi connectivity index (χ1n) is 4.95. The van der Waals surface area contributed by atoms with Crippen molar-refractivity contribution in [2.45, 2.75) is 6.54 Å². The lowest BCUT2D eigenvalue weighted by molar-refractivity contribution is 0.0952. The molecule has 0 aliphatic carbocycles. The number of rotatable bonds is 4. The maximum absolute atomic E-state index is 11.7. The van der Waals surface area contributed by atoms with E-state index in [1.807, 2.05) is 5.38 Å². The minimum absolute atomic E-state index is 0.0768. The summed E-state index contributed by atoms with van der Waals surface area (Å²) in [5.41, 5.74) is 6.82. The summed E-state index contributed by atoms with van der Waals surface area (Å²) in [4.78, 5) is 11.7. The van der Waals surface area contributed by atoms with Crippen molar-refractivity contribution in [2.24, 2.45) is 0 Å². The summed E-state index contributed by atoms with van der Waals surface area (Å²) in [6, 6.07) is 1.80. The van der Waals surface area contributed by atoms with Gasteiger partial charge < -0.3 is 11.1 Å². The molecule has 2 heterocycles. The van der Waals surface area contributed by atoms with Crippen molar-refractivity contribution in [1.82, 2.24) is 15.1 Å². The lowest BCUT2D eigenvalue weighted by atomic mass is 10.3. The van der Waals surface area contributed by atoms with Crippen LogP contribution in [0.4, 0.5) is 5.69 Å². The highest BCUT2D eigenvalue weighted by Gasteiger charge is 2.06. The molecule has 0 unspecified atom stereocenters. The third kappa shape index (κ3) is 3.31. The quantitative estimate of drug-likeness (QED) is 0.902. The number of amides is 1. The van der Waals surface area contributed by atoms with Gasteiger partial charge in [0.05, 0.1) is 27.8 Å². The predicted molar refractivity (Wildman–Crippen MR) is 71.0 cm³/mol. The Balaban J connectivity index is 1.81. The number of nitrogens with one attached hydrogen (secondary N) is 1. The van der Waals surface area contributed by atoms with Gasteiger partial charge in [0.15, 0.2) is 0 Å². The standard InChI is InChI=1S/C10H11BrN4OS/c11-9-3-7(6-17-9)10(16)13-1-2-15-5-8(12)4-14-15/h3-6H,1-2,12H2,(H,13,16). The van der Waals surface area contributed by atoms with Gasteiger partial charge in [-0.3, -0.25) is 9.48 Å². The molecule has 2 aromatic rings. The Kier molecular flexibility index (Phi) is 3.80. The summed E-state index contributed by atoms with van der Waals surface area (Å²) >= 11 is 4.81. The zero-order valence-corrected chi connectivity index (χ0v) is 11.3. The third-order valence-electron chi connectivity index (χ3n) is 2.11. The first-order valence-corrected chi connectivity index (χ1v) is 6.62. The Morgan fingerprint density at radius 1 is 1.65 bits per heavy atom. The van der Waals surface area contributed by atoms with Crippen LogP contribution in [0, 0.1) is 0 Å². The summed E-state index contributed by atoms with van der Waals surface area (Å²) in [5, 5.41) is 8.65. The van der Waals surface area contributed by atoms with Crippen LogP contribution in [0.15, 0.2) is 27.6 Å². The molecule has 7 heteroatoms. The minimum atomic E-state index is -0.0768. The molecule has 0 bridgehead atoms. The van der Waals surface area contributed by atoms with Gasteiger partial charge in [0.25, 0.3) is 5.91 Å². The van der Waals surface area contributed by atoms with Gasteiger partial charge in [-0.1, -0.05) is 0 Å². The number of nitrogens with two attached hydrogens (primary N) is 1. The van der Waals surface area contributed by atoms with Crippen LogP contribution in [-0.2, 0) is 6.54 Å². The molecule has 0 aliphatic heterocycles. The molecule has 2 rings (SSSR count). The SMILES string of the molecule is Nc1cnn(CCNC(=O)c2csc(Br)c2)c1. The Morgan fingerprint density at radius 2 is 2.47 bits per heavy atom. The molecular weight excluding hydrogens is 304 g/mol. The highest BCUT2D eigenvalue weighted by Crippen LogP contribution is 2.20. The lowest BCUT2D eigenvalue weighted by Gasteiger charge is -2.03. The van der Waals surface area contributed by atoms with Crippen LogP contribution in [0.2, 0.25) is 0 Å². The molecule has 0 saturated carbocycles. The van der Waals surface area contributed by atoms with Crippen molar-refractivity contribution in [3.8, 4) is 0 Å². The van der Waals surface area contributed by atoms with Crippen molar-refractivity contribution in [2.75, 3.05) is 12.3 Å². The van der Waals surface area contributed by atoms with Crippen molar-refractivity contribution >= 4 is 38.9 Å². The van der Waals surface area contributed by atoms with Crippen molar-refractivity contribution in [3.05, 3.63) is 33.2 Å². The van der Waals surface area contributed by atoms with Gasteiger partial charge in [-0.05, 0) is 22.0 Å². The number of nitrogen functional groups attached to an aromatic ring is 1. The second-order valence-electron chi connectivity index (χ2n) is 3.43. The van der Waals surface area contributed by atoms with Crippen LogP contribution in [0.1, 0.15) is 10.4 Å². The van der Waals surface area contributed by atoms with E-state index < -0.39 is 0 Å². The molecular formula is C10H11BrN4OS. The molecule has 5 nitrogen and oxygen atoms in total. The number of carbonyl (C=O) groups is 1. The third-order valence-corrected chi connectivity index (χ3v) is 3.61. The number of hydrogen-bond acceptors (Lipinski definition) is 4. The molecule has 0 saturated heterocycles. The van der Waals surface area contributed by atoms with Crippen molar-refractivity contribution in [1.29, 1.82) is 0 Å². The van der Waals surface area contributed by atoms with Gasteiger partial charge in [0, 0.05) is 18.1 Å². The van der Waals surface area contributed by atoms with Crippen LogP contribution >= 0.6 is 27.3 Å². The number of anilines is 1. The van der Waals surface area contributed by atoms with E-state index in [9.17, 15) is 4.79 Å². The monoisotopic (exact) mass is 314 g/mol. The molecule has 17 heavy (non-hydrogen) atoms. The second-order valence-corrected chi connectivity index (χ2v) is 5.72. The van der Waals surface area contributed by atoms with Crippen LogP contribution in [0.25, 0.3) is 0 Å². The number of thiophene rings is 1. The fraction of sp³-hybridized carbons (Fsp3) is 0.200. The van der Waals surface area contributed by atoms with E-state index >= 15 is 0 Å². The first-order chi connectivity index (χ1) is 8.15. The van der Waals surface area contributed by atoms with Crippen molar-refractivity contribution < 1.29 is 4.79 Å². The summed E-state index contributed by atoms with van der Waals surface area (Å²) in [7, 11) is 0. The molecule has 0 atom stereocenters. The van der Waals surface area contributed by atoms with Gasteiger partial charge >= 0.3 is 0 Å². The highest BCUT2D eigenvalue weighted by atomic mass is 79.9. The van der Waals surface area contributed by atoms with Gasteiger partial charge in [-0.15, -0.1) is 11.3 Å². The Hall–Kier alpha value is -1.34. The van der Waals surface area contributed by atoms with Gasteiger partial charge in [-0.25, -0.2) is 0 Å². The second kappa shape index (κ2) is 5.33. The molecule has 0 aliphatic rings. The normalized spacial score (nSPS) is 10.4. The summed E-state index contributed by atoms with van der Waals surface area (Å²) < 4.78 is 2.64. The molecule has 0 fully saturated rings. The Bertz CT molecular complexity index is 522. The largest absolute Gasteiger partial charge is 0.396 e. The summed E-state index contributed by atoms with van der Waals surface area (Å²) in [6.45, 7) is 1.13. The molecule has 3 N–H and O–H groups in total. The highest BCUT2D eigenvalue weighted by molar-refractivity contribution is 9.11. The number of aromatic nitrogens is 2. The zero-order valence-electron chi connectivity index (χ0n) is 8.89. The molecule has 0 aromatic carbocycles. The number of halogens is 1. The maximum Gasteiger partial charge on any atom is 0.252 e. The topological polar surface area (TPSA) is 72.9 Å². The van der Waals surface area contributed by atoms with Crippen LogP contribution in [0.5, 0.6) is 0 Å². The van der Waals surface area contributed by atoms with E-state index in [4.69, 9.17) is 5.73 Å². The summed E-state index contributed by atoms with van der Waals surface area (Å²) in [6.07, 6.45) is 3.31. The van der Waals surface area contributed by atoms with Crippen LogP contribution < -0.4 is 11.1 Å². The minimum Gasteiger partial charge on any atom is -0.396 e. The van der Waals surface area contributed by atoms with Crippen LogP contribution in [-0.4, -0.2) is 22.2 Å². The van der Waals surface area contributed by atoms with Gasteiger partial charge in [0.1, 0.15) is 0 Å². The molecule has 90 valence electrons. The zero-order chi connectivity index (χ0) is 12.3. The van der Waals surface area contributed by atoms with E-state index in [1.165, 1.54) is 11.3 Å². The number of hydrogen-bond donors (Lipinski definition) is 2. The number of carbonyl (C=O) groups excluding carboxylic acids is 1. The van der Waals surface area contributed by atoms with E-state index in [2.05, 4.69) is 26.3 Å². The average molecular weight is 315 g/mol. The fourth-order valence-electron chi connectivity index (χ4n) is 1.32. The lowest BCUT2D eigenvalue weighted by Crippen LogP contribution is -2.26. The predicted octanol–water partition coefficient (Wildman–Crippen LogP) is 1.72. The molecule has 0 radical (unpaired) electrons. The van der Waals surface area contributed by atoms with Crippen LogP contribution in [0.3, 0.4) is 0 Å². The van der Waals surface area contributed by atoms with Gasteiger partial charge in [-0.2, -0.15) is 5.10 Å². The summed E-state index contributed by atoms with van der Waals surface area (Å²) in [5.74, 6) is -0.0768. The van der Waals surface area contributed by atoms with E-state index in [-0.39, 0.29) is 5.91 Å². The molecule has 2 aromatic heterocycles. The van der Waals surface area contributed by atoms with E-state index in [0.717, 1.165) is 3.79 Å².